The first-order chi connectivity index (χ1) is 12.7. The monoisotopic (exact) mass is 346 g/mol. The van der Waals surface area contributed by atoms with Crippen LogP contribution in [0, 0.1) is 11.8 Å². The highest BCUT2D eigenvalue weighted by Gasteiger charge is 2.65. The van der Waals surface area contributed by atoms with Crippen LogP contribution in [-0.2, 0) is 9.59 Å². The van der Waals surface area contributed by atoms with Gasteiger partial charge in [0, 0.05) is 17.6 Å². The second kappa shape index (κ2) is 5.53. The number of amides is 3. The third-order valence-corrected chi connectivity index (χ3v) is 5.97. The Labute approximate surface area is 151 Å². The van der Waals surface area contributed by atoms with E-state index in [9.17, 15) is 14.4 Å². The summed E-state index contributed by atoms with van der Waals surface area (Å²) in [6.07, 6.45) is 1.57. The topological polar surface area (TPSA) is 57.7 Å². The van der Waals surface area contributed by atoms with Crippen LogP contribution in [0.2, 0.25) is 0 Å². The summed E-state index contributed by atoms with van der Waals surface area (Å²) in [4.78, 5) is 42.2. The molecule has 2 aromatic carbocycles. The molecule has 0 unspecified atom stereocenters. The van der Waals surface area contributed by atoms with E-state index < -0.39 is 11.8 Å². The second-order valence-corrected chi connectivity index (χ2v) is 7.19. The summed E-state index contributed by atoms with van der Waals surface area (Å²) in [5, 5.41) is 0. The number of rotatable bonds is 2. The number of hydrogen-bond acceptors (Lipinski definition) is 3. The smallest absolute Gasteiger partial charge is 0.254 e. The molecular weight excluding hydrogens is 328 g/mol. The lowest BCUT2D eigenvalue weighted by atomic mass is 9.81. The maximum absolute atomic E-state index is 13.1. The molecule has 3 saturated heterocycles. The van der Waals surface area contributed by atoms with E-state index in [1.54, 1.807) is 24.3 Å². The summed E-state index contributed by atoms with van der Waals surface area (Å²) >= 11 is 0. The number of hydrogen-bond donors (Lipinski definition) is 0. The van der Waals surface area contributed by atoms with Crippen molar-refractivity contribution in [3.05, 3.63) is 66.2 Å². The maximum Gasteiger partial charge on any atom is 0.254 e. The Morgan fingerprint density at radius 3 is 1.81 bits per heavy atom. The van der Waals surface area contributed by atoms with Crippen LogP contribution in [0.1, 0.15) is 23.2 Å². The lowest BCUT2D eigenvalue weighted by Gasteiger charge is -2.26. The molecule has 0 radical (unpaired) electrons. The minimum Gasteiger partial charge on any atom is -0.331 e. The van der Waals surface area contributed by atoms with Crippen LogP contribution in [0.25, 0.3) is 0 Å². The number of benzene rings is 2. The molecule has 3 heterocycles. The van der Waals surface area contributed by atoms with Gasteiger partial charge in [-0.3, -0.25) is 14.4 Å². The van der Waals surface area contributed by atoms with Gasteiger partial charge < -0.3 is 4.90 Å². The van der Waals surface area contributed by atoms with Gasteiger partial charge in [-0.15, -0.1) is 0 Å². The zero-order chi connectivity index (χ0) is 17.8. The van der Waals surface area contributed by atoms with Crippen molar-refractivity contribution in [2.24, 2.45) is 11.8 Å². The van der Waals surface area contributed by atoms with Crippen LogP contribution in [0.5, 0.6) is 0 Å². The zero-order valence-corrected chi connectivity index (χ0v) is 14.1. The Balaban J connectivity index is 1.49. The number of anilines is 1. The van der Waals surface area contributed by atoms with Crippen LogP contribution in [0.15, 0.2) is 60.7 Å². The first-order valence-electron chi connectivity index (χ1n) is 8.99. The van der Waals surface area contributed by atoms with E-state index in [0.717, 1.165) is 12.8 Å². The fraction of sp³-hybridized carbons (Fsp3) is 0.286. The first kappa shape index (κ1) is 15.3. The number of carbonyl (C=O) groups is 3. The molecule has 26 heavy (non-hydrogen) atoms. The summed E-state index contributed by atoms with van der Waals surface area (Å²) in [5.74, 6) is -1.21. The van der Waals surface area contributed by atoms with Crippen molar-refractivity contribution in [2.75, 3.05) is 4.90 Å². The molecule has 5 nitrogen and oxygen atoms in total. The summed E-state index contributed by atoms with van der Waals surface area (Å²) < 4.78 is 0. The zero-order valence-electron chi connectivity index (χ0n) is 14.1. The SMILES string of the molecule is O=C1[C@H]2[C@H](C(=O)N1c1ccccc1)[C@@H]1CC[C@H]2N1C(=O)c1ccccc1. The Morgan fingerprint density at radius 2 is 1.27 bits per heavy atom. The molecular formula is C21H18N2O3. The van der Waals surface area contributed by atoms with Gasteiger partial charge in [0.15, 0.2) is 0 Å². The summed E-state index contributed by atoms with van der Waals surface area (Å²) in [7, 11) is 0. The fourth-order valence-corrected chi connectivity index (χ4v) is 4.96. The Bertz CT molecular complexity index is 866. The van der Waals surface area contributed by atoms with E-state index in [1.807, 2.05) is 41.3 Å². The molecule has 3 fully saturated rings. The van der Waals surface area contributed by atoms with E-state index >= 15 is 0 Å². The summed E-state index contributed by atoms with van der Waals surface area (Å²) in [6.45, 7) is 0. The van der Waals surface area contributed by atoms with Crippen LogP contribution in [0.3, 0.4) is 0 Å². The van der Waals surface area contributed by atoms with E-state index in [-0.39, 0.29) is 29.8 Å². The van der Waals surface area contributed by atoms with Gasteiger partial charge in [-0.25, -0.2) is 4.90 Å². The average molecular weight is 346 g/mol. The second-order valence-electron chi connectivity index (χ2n) is 7.19. The third kappa shape index (κ3) is 1.94. The largest absolute Gasteiger partial charge is 0.331 e. The number of nitrogens with zero attached hydrogens (tertiary/aromatic N) is 2. The Kier molecular flexibility index (Phi) is 3.26. The van der Waals surface area contributed by atoms with Crippen molar-refractivity contribution in [3.63, 3.8) is 0 Å². The number of imide groups is 1. The number of para-hydroxylation sites is 1. The van der Waals surface area contributed by atoms with Gasteiger partial charge >= 0.3 is 0 Å². The number of carbonyl (C=O) groups excluding carboxylic acids is 3. The predicted octanol–water partition coefficient (Wildman–Crippen LogP) is 2.48. The van der Waals surface area contributed by atoms with Crippen LogP contribution < -0.4 is 4.90 Å². The van der Waals surface area contributed by atoms with Crippen molar-refractivity contribution >= 4 is 23.4 Å². The highest BCUT2D eigenvalue weighted by Crippen LogP contribution is 2.51. The highest BCUT2D eigenvalue weighted by atomic mass is 16.2. The van der Waals surface area contributed by atoms with Crippen LogP contribution in [-0.4, -0.2) is 34.7 Å². The molecule has 3 aliphatic rings. The average Bonchev–Trinajstić information content (AvgIpc) is 3.32. The quantitative estimate of drug-likeness (QED) is 0.785. The first-order valence-corrected chi connectivity index (χ1v) is 8.99. The van der Waals surface area contributed by atoms with Crippen molar-refractivity contribution in [1.82, 2.24) is 4.90 Å². The Hall–Kier alpha value is -2.95. The molecule has 0 saturated carbocycles. The van der Waals surface area contributed by atoms with Crippen molar-refractivity contribution in [3.8, 4) is 0 Å². The molecule has 4 atom stereocenters. The lowest BCUT2D eigenvalue weighted by Crippen LogP contribution is -2.43. The molecule has 0 aromatic heterocycles. The minimum absolute atomic E-state index is 0.0700. The van der Waals surface area contributed by atoms with Crippen molar-refractivity contribution in [2.45, 2.75) is 24.9 Å². The number of fused-ring (bicyclic) bond motifs is 5. The van der Waals surface area contributed by atoms with Gasteiger partial charge in [-0.2, -0.15) is 0 Å². The molecule has 3 amide bonds. The summed E-state index contributed by atoms with van der Waals surface area (Å²) in [5.41, 5.74) is 1.24. The van der Waals surface area contributed by atoms with E-state index in [4.69, 9.17) is 0 Å². The summed E-state index contributed by atoms with van der Waals surface area (Å²) in [6, 6.07) is 17.8. The molecule has 0 spiro atoms. The fourth-order valence-electron chi connectivity index (χ4n) is 4.96. The maximum atomic E-state index is 13.1. The normalized spacial score (nSPS) is 29.4. The molecule has 2 aromatic rings. The lowest BCUT2D eigenvalue weighted by molar-refractivity contribution is -0.123. The minimum atomic E-state index is -0.408. The molecule has 130 valence electrons. The van der Waals surface area contributed by atoms with Gasteiger partial charge in [0.1, 0.15) is 0 Å². The van der Waals surface area contributed by atoms with Crippen LogP contribution >= 0.6 is 0 Å². The van der Waals surface area contributed by atoms with Gasteiger partial charge in [0.05, 0.1) is 17.5 Å². The van der Waals surface area contributed by atoms with E-state index in [2.05, 4.69) is 0 Å². The molecule has 0 N–H and O–H groups in total. The Morgan fingerprint density at radius 1 is 0.769 bits per heavy atom. The molecule has 5 heteroatoms. The molecule has 2 bridgehead atoms. The van der Waals surface area contributed by atoms with Crippen molar-refractivity contribution in [1.29, 1.82) is 0 Å². The molecule has 0 aliphatic carbocycles. The van der Waals surface area contributed by atoms with Crippen molar-refractivity contribution < 1.29 is 14.4 Å². The van der Waals surface area contributed by atoms with Gasteiger partial charge in [-0.05, 0) is 37.1 Å². The molecule has 5 rings (SSSR count). The third-order valence-electron chi connectivity index (χ3n) is 5.97. The van der Waals surface area contributed by atoms with Crippen LogP contribution in [0.4, 0.5) is 5.69 Å². The van der Waals surface area contributed by atoms with Gasteiger partial charge in [-0.1, -0.05) is 36.4 Å². The highest BCUT2D eigenvalue weighted by molar-refractivity contribution is 6.23. The molecule has 3 aliphatic heterocycles. The van der Waals surface area contributed by atoms with E-state index in [1.165, 1.54) is 4.90 Å². The van der Waals surface area contributed by atoms with E-state index in [0.29, 0.717) is 11.3 Å². The predicted molar refractivity (Wildman–Crippen MR) is 95.3 cm³/mol. The van der Waals surface area contributed by atoms with Gasteiger partial charge in [0.2, 0.25) is 11.8 Å². The standard InChI is InChI=1S/C21H18N2O3/c24-19(13-7-3-1-4-8-13)23-15-11-12-16(23)18-17(15)20(25)22(21(18)26)14-9-5-2-6-10-14/h1-10,15-18H,11-12H2/t15-,16+,17-,18-/m1/s1. The van der Waals surface area contributed by atoms with Gasteiger partial charge in [0.25, 0.3) is 5.91 Å².